The van der Waals surface area contributed by atoms with Crippen molar-refractivity contribution in [2.24, 2.45) is 5.73 Å². The van der Waals surface area contributed by atoms with Crippen LogP contribution in [0.15, 0.2) is 49.1 Å². The maximum absolute atomic E-state index is 12.5. The van der Waals surface area contributed by atoms with Crippen LogP contribution in [0.4, 0.5) is 0 Å². The Morgan fingerprint density at radius 3 is 2.50 bits per heavy atom. The molecule has 4 heteroatoms. The minimum absolute atomic E-state index is 0.0369. The average Bonchev–Trinajstić information content (AvgIpc) is 3.13. The second-order valence-corrected chi connectivity index (χ2v) is 6.89. The third kappa shape index (κ3) is 3.13. The maximum Gasteiger partial charge on any atom is 0.240 e. The van der Waals surface area contributed by atoms with Crippen molar-refractivity contribution in [3.63, 3.8) is 0 Å². The number of carbonyl (C=O) groups excluding carboxylic acids is 1. The second-order valence-electron chi connectivity index (χ2n) is 5.63. The summed E-state index contributed by atoms with van der Waals surface area (Å²) in [5.74, 6) is 0.0369. The van der Waals surface area contributed by atoms with Crippen molar-refractivity contribution in [1.29, 1.82) is 0 Å². The molecule has 1 atom stereocenters. The normalized spacial score (nSPS) is 14.7. The first-order valence-electron chi connectivity index (χ1n) is 7.47. The van der Waals surface area contributed by atoms with E-state index in [1.165, 1.54) is 16.0 Å². The first kappa shape index (κ1) is 15.0. The molecule has 3 nitrogen and oxygen atoms in total. The highest BCUT2D eigenvalue weighted by Crippen LogP contribution is 2.24. The molecule has 1 aliphatic rings. The number of amides is 1. The van der Waals surface area contributed by atoms with Gasteiger partial charge in [-0.25, -0.2) is 0 Å². The van der Waals surface area contributed by atoms with E-state index >= 15 is 0 Å². The van der Waals surface area contributed by atoms with E-state index < -0.39 is 6.04 Å². The van der Waals surface area contributed by atoms with E-state index in [9.17, 15) is 4.79 Å². The van der Waals surface area contributed by atoms with Crippen LogP contribution in [0.25, 0.3) is 0 Å². The van der Waals surface area contributed by atoms with Gasteiger partial charge in [0.05, 0.1) is 6.04 Å². The molecule has 0 saturated heterocycles. The molecule has 0 spiro atoms. The highest BCUT2D eigenvalue weighted by atomic mass is 32.1. The molecular formula is C18H20N2OS. The van der Waals surface area contributed by atoms with Crippen LogP contribution < -0.4 is 5.73 Å². The molecule has 0 fully saturated rings. The third-order valence-electron chi connectivity index (χ3n) is 3.95. The van der Waals surface area contributed by atoms with Gasteiger partial charge in [-0.1, -0.05) is 30.3 Å². The van der Waals surface area contributed by atoms with Gasteiger partial charge >= 0.3 is 0 Å². The number of hydrogen-bond donors (Lipinski definition) is 1. The van der Waals surface area contributed by atoms with Crippen LogP contribution in [0.5, 0.6) is 0 Å². The summed E-state index contributed by atoms with van der Waals surface area (Å²) in [4.78, 5) is 16.8. The lowest BCUT2D eigenvalue weighted by molar-refractivity contribution is -0.133. The summed E-state index contributed by atoms with van der Waals surface area (Å²) in [5.41, 5.74) is 8.60. The van der Waals surface area contributed by atoms with Crippen LogP contribution in [0.1, 0.15) is 20.9 Å². The standard InChI is InChI=1S/C18H20N2OS/c1-2-5-15-8-9-16(22-15)10-17(19)18(21)20-11-13-6-3-4-7-14(13)12-20/h2-4,6-9,17H,1,5,10-12,19H2/t17-/m1/s1. The van der Waals surface area contributed by atoms with Crippen molar-refractivity contribution in [3.05, 3.63) is 69.9 Å². The van der Waals surface area contributed by atoms with E-state index in [1.807, 2.05) is 23.1 Å². The molecule has 2 N–H and O–H groups in total. The molecule has 0 saturated carbocycles. The number of thiophene rings is 1. The predicted octanol–water partition coefficient (Wildman–Crippen LogP) is 2.89. The van der Waals surface area contributed by atoms with Crippen molar-refractivity contribution >= 4 is 17.2 Å². The van der Waals surface area contributed by atoms with Gasteiger partial charge in [0.25, 0.3) is 0 Å². The van der Waals surface area contributed by atoms with Crippen LogP contribution in [-0.4, -0.2) is 16.8 Å². The van der Waals surface area contributed by atoms with E-state index in [1.54, 1.807) is 11.3 Å². The van der Waals surface area contributed by atoms with Gasteiger partial charge in [-0.2, -0.15) is 0 Å². The molecule has 0 unspecified atom stereocenters. The lowest BCUT2D eigenvalue weighted by Crippen LogP contribution is -2.42. The molecule has 114 valence electrons. The first-order valence-corrected chi connectivity index (χ1v) is 8.28. The minimum Gasteiger partial charge on any atom is -0.333 e. The second kappa shape index (κ2) is 6.46. The summed E-state index contributed by atoms with van der Waals surface area (Å²) in [6.07, 6.45) is 3.37. The van der Waals surface area contributed by atoms with E-state index in [-0.39, 0.29) is 5.91 Å². The molecule has 0 aliphatic carbocycles. The molecule has 1 aromatic carbocycles. The Balaban J connectivity index is 1.61. The van der Waals surface area contributed by atoms with Gasteiger partial charge in [-0.15, -0.1) is 17.9 Å². The number of nitrogens with two attached hydrogens (primary N) is 1. The molecule has 1 aromatic heterocycles. The number of benzene rings is 1. The molecule has 1 aliphatic heterocycles. The van der Waals surface area contributed by atoms with Crippen LogP contribution in [0, 0.1) is 0 Å². The largest absolute Gasteiger partial charge is 0.333 e. The van der Waals surface area contributed by atoms with Crippen molar-refractivity contribution in [1.82, 2.24) is 4.90 Å². The molecular weight excluding hydrogens is 292 g/mol. The summed E-state index contributed by atoms with van der Waals surface area (Å²) in [6, 6.07) is 11.9. The van der Waals surface area contributed by atoms with Gasteiger partial charge < -0.3 is 10.6 Å². The fourth-order valence-electron chi connectivity index (χ4n) is 2.81. The summed E-state index contributed by atoms with van der Waals surface area (Å²) in [5, 5.41) is 0. The Labute approximate surface area is 135 Å². The van der Waals surface area contributed by atoms with Crippen molar-refractivity contribution < 1.29 is 4.79 Å². The van der Waals surface area contributed by atoms with Gasteiger partial charge in [-0.3, -0.25) is 4.79 Å². The zero-order valence-electron chi connectivity index (χ0n) is 12.5. The Morgan fingerprint density at radius 1 is 1.23 bits per heavy atom. The Hall–Kier alpha value is -1.91. The van der Waals surface area contributed by atoms with E-state index in [2.05, 4.69) is 30.8 Å². The number of carbonyl (C=O) groups is 1. The van der Waals surface area contributed by atoms with Crippen LogP contribution in [-0.2, 0) is 30.7 Å². The number of allylic oxidation sites excluding steroid dienone is 1. The Kier molecular flexibility index (Phi) is 4.41. The lowest BCUT2D eigenvalue weighted by atomic mass is 10.1. The Bertz CT molecular complexity index is 667. The summed E-state index contributed by atoms with van der Waals surface area (Å²) >= 11 is 1.71. The van der Waals surface area contributed by atoms with Crippen LogP contribution in [0.2, 0.25) is 0 Å². The van der Waals surface area contributed by atoms with Crippen LogP contribution in [0.3, 0.4) is 0 Å². The fourth-order valence-corrected chi connectivity index (χ4v) is 3.88. The zero-order valence-corrected chi connectivity index (χ0v) is 13.3. The van der Waals surface area contributed by atoms with E-state index in [0.717, 1.165) is 11.3 Å². The van der Waals surface area contributed by atoms with Gasteiger partial charge in [0.1, 0.15) is 0 Å². The first-order chi connectivity index (χ1) is 10.7. The lowest BCUT2D eigenvalue weighted by Gasteiger charge is -2.20. The Morgan fingerprint density at radius 2 is 1.86 bits per heavy atom. The SMILES string of the molecule is C=CCc1ccc(C[C@@H](N)C(=O)N2Cc3ccccc3C2)s1. The zero-order chi connectivity index (χ0) is 15.5. The molecule has 2 aromatic rings. The molecule has 3 rings (SSSR count). The average molecular weight is 312 g/mol. The third-order valence-corrected chi connectivity index (χ3v) is 5.08. The number of rotatable bonds is 5. The molecule has 2 heterocycles. The highest BCUT2D eigenvalue weighted by Gasteiger charge is 2.27. The van der Waals surface area contributed by atoms with E-state index in [0.29, 0.717) is 19.5 Å². The van der Waals surface area contributed by atoms with Crippen molar-refractivity contribution in [3.8, 4) is 0 Å². The van der Waals surface area contributed by atoms with Crippen molar-refractivity contribution in [2.75, 3.05) is 0 Å². The quantitative estimate of drug-likeness (QED) is 0.863. The van der Waals surface area contributed by atoms with Crippen LogP contribution >= 0.6 is 11.3 Å². The maximum atomic E-state index is 12.5. The molecule has 1 amide bonds. The van der Waals surface area contributed by atoms with Gasteiger partial charge in [-0.05, 0) is 29.7 Å². The minimum atomic E-state index is -0.468. The summed E-state index contributed by atoms with van der Waals surface area (Å²) in [6.45, 7) is 5.10. The monoisotopic (exact) mass is 312 g/mol. The summed E-state index contributed by atoms with van der Waals surface area (Å²) in [7, 11) is 0. The van der Waals surface area contributed by atoms with Gasteiger partial charge in [0.15, 0.2) is 0 Å². The smallest absolute Gasteiger partial charge is 0.240 e. The molecule has 22 heavy (non-hydrogen) atoms. The number of hydrogen-bond acceptors (Lipinski definition) is 3. The topological polar surface area (TPSA) is 46.3 Å². The molecule has 0 bridgehead atoms. The summed E-state index contributed by atoms with van der Waals surface area (Å²) < 4.78 is 0. The predicted molar refractivity (Wildman–Crippen MR) is 90.6 cm³/mol. The van der Waals surface area contributed by atoms with Crippen molar-refractivity contribution in [2.45, 2.75) is 32.0 Å². The number of fused-ring (bicyclic) bond motifs is 1. The van der Waals surface area contributed by atoms with E-state index in [4.69, 9.17) is 5.73 Å². The highest BCUT2D eigenvalue weighted by molar-refractivity contribution is 7.12. The van der Waals surface area contributed by atoms with Gasteiger partial charge in [0.2, 0.25) is 5.91 Å². The fraction of sp³-hybridized carbons (Fsp3) is 0.278. The molecule has 0 radical (unpaired) electrons. The number of nitrogens with zero attached hydrogens (tertiary/aromatic N) is 1. The van der Waals surface area contributed by atoms with Gasteiger partial charge in [0, 0.05) is 29.3 Å².